The van der Waals surface area contributed by atoms with E-state index in [1.807, 2.05) is 47.4 Å². The number of nitrogens with one attached hydrogen (secondary N) is 1. The van der Waals surface area contributed by atoms with Crippen LogP contribution in [0.3, 0.4) is 0 Å². The van der Waals surface area contributed by atoms with Gasteiger partial charge in [-0.15, -0.1) is 0 Å². The highest BCUT2D eigenvalue weighted by Crippen LogP contribution is 2.27. The molecule has 0 atom stereocenters. The normalized spacial score (nSPS) is 13.0. The number of carbonyl (C=O) groups is 2. The van der Waals surface area contributed by atoms with Crippen LogP contribution in [0.1, 0.15) is 24.0 Å². The smallest absolute Gasteiger partial charge is 0.228 e. The number of anilines is 1. The van der Waals surface area contributed by atoms with E-state index in [-0.39, 0.29) is 11.8 Å². The molecule has 2 amide bonds. The molecule has 5 nitrogen and oxygen atoms in total. The second kappa shape index (κ2) is 8.52. The molecule has 26 heavy (non-hydrogen) atoms. The maximum atomic E-state index is 12.5. The van der Waals surface area contributed by atoms with Crippen molar-refractivity contribution in [3.05, 3.63) is 59.7 Å². The molecule has 1 N–H and O–H groups in total. The van der Waals surface area contributed by atoms with Crippen LogP contribution in [0.2, 0.25) is 0 Å². The number of aryl methyl sites for hydroxylation is 1. The summed E-state index contributed by atoms with van der Waals surface area (Å²) in [6, 6.07) is 15.4. The maximum absolute atomic E-state index is 12.5. The van der Waals surface area contributed by atoms with Crippen molar-refractivity contribution in [2.24, 2.45) is 0 Å². The third kappa shape index (κ3) is 4.42. The quantitative estimate of drug-likeness (QED) is 0.870. The van der Waals surface area contributed by atoms with Gasteiger partial charge in [0.2, 0.25) is 11.8 Å². The Hall–Kier alpha value is -2.82. The van der Waals surface area contributed by atoms with E-state index in [0.717, 1.165) is 36.4 Å². The predicted molar refractivity (Wildman–Crippen MR) is 101 cm³/mol. The number of ether oxygens (including phenoxy) is 1. The number of hydrogen-bond donors (Lipinski definition) is 1. The molecule has 0 unspecified atom stereocenters. The van der Waals surface area contributed by atoms with Gasteiger partial charge in [-0.1, -0.05) is 30.3 Å². The van der Waals surface area contributed by atoms with Gasteiger partial charge in [-0.25, -0.2) is 0 Å². The fourth-order valence-electron chi connectivity index (χ4n) is 3.23. The molecular formula is C21H24N2O3. The summed E-state index contributed by atoms with van der Waals surface area (Å²) >= 11 is 0. The molecule has 0 aliphatic carbocycles. The zero-order valence-electron chi connectivity index (χ0n) is 15.0. The van der Waals surface area contributed by atoms with E-state index in [1.54, 1.807) is 7.11 Å². The Balaban J connectivity index is 1.47. The largest absolute Gasteiger partial charge is 0.497 e. The van der Waals surface area contributed by atoms with Crippen LogP contribution >= 0.6 is 0 Å². The topological polar surface area (TPSA) is 58.6 Å². The third-order valence-electron chi connectivity index (χ3n) is 4.60. The summed E-state index contributed by atoms with van der Waals surface area (Å²) < 4.78 is 5.11. The number of amides is 2. The number of rotatable bonds is 6. The zero-order chi connectivity index (χ0) is 18.4. The average Bonchev–Trinajstić information content (AvgIpc) is 2.68. The third-order valence-corrected chi connectivity index (χ3v) is 4.60. The summed E-state index contributed by atoms with van der Waals surface area (Å²) in [4.78, 5) is 26.4. The Morgan fingerprint density at radius 3 is 2.65 bits per heavy atom. The number of fused-ring (bicyclic) bond motifs is 1. The summed E-state index contributed by atoms with van der Waals surface area (Å²) in [5, 5.41) is 2.84. The lowest BCUT2D eigenvalue weighted by molar-refractivity contribution is -0.121. The summed E-state index contributed by atoms with van der Waals surface area (Å²) in [5.74, 6) is 0.741. The predicted octanol–water partition coefficient (Wildman–Crippen LogP) is 2.72. The van der Waals surface area contributed by atoms with E-state index in [2.05, 4.69) is 11.4 Å². The minimum atomic E-state index is -0.0815. The second-order valence-electron chi connectivity index (χ2n) is 6.40. The molecule has 0 radical (unpaired) electrons. The molecule has 0 spiro atoms. The van der Waals surface area contributed by atoms with Crippen molar-refractivity contribution in [3.8, 4) is 5.75 Å². The van der Waals surface area contributed by atoms with E-state index in [4.69, 9.17) is 4.74 Å². The van der Waals surface area contributed by atoms with Gasteiger partial charge in [-0.3, -0.25) is 9.59 Å². The van der Waals surface area contributed by atoms with E-state index in [1.165, 1.54) is 5.56 Å². The van der Waals surface area contributed by atoms with Gasteiger partial charge in [0.25, 0.3) is 0 Å². The number of hydrogen-bond acceptors (Lipinski definition) is 3. The lowest BCUT2D eigenvalue weighted by Crippen LogP contribution is -2.38. The Kier molecular flexibility index (Phi) is 5.89. The van der Waals surface area contributed by atoms with E-state index < -0.39 is 0 Å². The molecule has 2 aromatic rings. The molecule has 3 rings (SSSR count). The zero-order valence-corrected chi connectivity index (χ0v) is 15.0. The number of methoxy groups -OCH3 is 1. The van der Waals surface area contributed by atoms with E-state index >= 15 is 0 Å². The second-order valence-corrected chi connectivity index (χ2v) is 6.40. The van der Waals surface area contributed by atoms with Gasteiger partial charge in [0.1, 0.15) is 5.75 Å². The minimum Gasteiger partial charge on any atom is -0.497 e. The first-order valence-corrected chi connectivity index (χ1v) is 8.95. The molecule has 136 valence electrons. The minimum absolute atomic E-state index is 0.0573. The van der Waals surface area contributed by atoms with Crippen LogP contribution in [0.5, 0.6) is 5.75 Å². The van der Waals surface area contributed by atoms with Crippen LogP contribution < -0.4 is 15.0 Å². The molecule has 2 aromatic carbocycles. The van der Waals surface area contributed by atoms with Crippen molar-refractivity contribution < 1.29 is 14.3 Å². The highest BCUT2D eigenvalue weighted by molar-refractivity contribution is 5.95. The van der Waals surface area contributed by atoms with E-state index in [9.17, 15) is 9.59 Å². The molecule has 1 aliphatic heterocycles. The number of carbonyl (C=O) groups excluding carboxylic acids is 2. The molecule has 0 fully saturated rings. The first-order chi connectivity index (χ1) is 12.7. The first-order valence-electron chi connectivity index (χ1n) is 8.95. The maximum Gasteiger partial charge on any atom is 0.228 e. The molecule has 0 aromatic heterocycles. The highest BCUT2D eigenvalue weighted by Gasteiger charge is 2.21. The van der Waals surface area contributed by atoms with E-state index in [0.29, 0.717) is 19.4 Å². The van der Waals surface area contributed by atoms with Gasteiger partial charge in [0, 0.05) is 25.2 Å². The standard InChI is InChI=1S/C21H24N2O3/c1-26-18-10-8-16(9-11-18)15-20(24)22-13-12-21(25)23-14-4-6-17-5-2-3-7-19(17)23/h2-3,5,7-11H,4,6,12-15H2,1H3,(H,22,24). The Labute approximate surface area is 154 Å². The summed E-state index contributed by atoms with van der Waals surface area (Å²) in [6.07, 6.45) is 2.60. The summed E-state index contributed by atoms with van der Waals surface area (Å²) in [7, 11) is 1.61. The van der Waals surface area contributed by atoms with Gasteiger partial charge in [0.05, 0.1) is 13.5 Å². The van der Waals surface area contributed by atoms with Gasteiger partial charge in [0.15, 0.2) is 0 Å². The van der Waals surface area contributed by atoms with Crippen molar-refractivity contribution in [2.45, 2.75) is 25.7 Å². The fourth-order valence-corrected chi connectivity index (χ4v) is 3.23. The lowest BCUT2D eigenvalue weighted by atomic mass is 10.0. The molecular weight excluding hydrogens is 328 g/mol. The summed E-state index contributed by atoms with van der Waals surface area (Å²) in [5.41, 5.74) is 3.14. The van der Waals surface area contributed by atoms with Gasteiger partial charge in [-0.2, -0.15) is 0 Å². The van der Waals surface area contributed by atoms with Crippen LogP contribution in [-0.2, 0) is 22.4 Å². The SMILES string of the molecule is COc1ccc(CC(=O)NCCC(=O)N2CCCc3ccccc32)cc1. The Morgan fingerprint density at radius 1 is 1.12 bits per heavy atom. The molecule has 1 aliphatic rings. The van der Waals surface area contributed by atoms with Crippen molar-refractivity contribution in [3.63, 3.8) is 0 Å². The van der Waals surface area contributed by atoms with Gasteiger partial charge < -0.3 is 15.0 Å². The van der Waals surface area contributed by atoms with Crippen molar-refractivity contribution in [2.75, 3.05) is 25.1 Å². The fraction of sp³-hybridized carbons (Fsp3) is 0.333. The Morgan fingerprint density at radius 2 is 1.88 bits per heavy atom. The summed E-state index contributed by atoms with van der Waals surface area (Å²) in [6.45, 7) is 1.10. The molecule has 0 bridgehead atoms. The molecule has 0 saturated carbocycles. The average molecular weight is 352 g/mol. The number of benzene rings is 2. The van der Waals surface area contributed by atoms with Gasteiger partial charge >= 0.3 is 0 Å². The van der Waals surface area contributed by atoms with Crippen LogP contribution in [0.25, 0.3) is 0 Å². The number of para-hydroxylation sites is 1. The van der Waals surface area contributed by atoms with Crippen molar-refractivity contribution in [1.29, 1.82) is 0 Å². The number of nitrogens with zero attached hydrogens (tertiary/aromatic N) is 1. The van der Waals surface area contributed by atoms with Crippen LogP contribution in [0.4, 0.5) is 5.69 Å². The monoisotopic (exact) mass is 352 g/mol. The molecule has 0 saturated heterocycles. The van der Waals surface area contributed by atoms with Crippen molar-refractivity contribution in [1.82, 2.24) is 5.32 Å². The first kappa shape index (κ1) is 18.0. The van der Waals surface area contributed by atoms with Crippen LogP contribution in [0.15, 0.2) is 48.5 Å². The van der Waals surface area contributed by atoms with Gasteiger partial charge in [-0.05, 0) is 42.2 Å². The van der Waals surface area contributed by atoms with Crippen molar-refractivity contribution >= 4 is 17.5 Å². The van der Waals surface area contributed by atoms with Crippen LogP contribution in [0, 0.1) is 0 Å². The lowest BCUT2D eigenvalue weighted by Gasteiger charge is -2.29. The highest BCUT2D eigenvalue weighted by atomic mass is 16.5. The van der Waals surface area contributed by atoms with Crippen LogP contribution in [-0.4, -0.2) is 32.0 Å². The molecule has 1 heterocycles. The Bertz CT molecular complexity index is 771. The molecule has 5 heteroatoms.